The summed E-state index contributed by atoms with van der Waals surface area (Å²) in [5.41, 5.74) is 1.76. The first kappa shape index (κ1) is 22.0. The molecule has 0 aliphatic rings. The summed E-state index contributed by atoms with van der Waals surface area (Å²) < 4.78 is 8.23. The molecular formula is C23H15BrCl2N2O2S. The fraction of sp³-hybridized carbons (Fsp3) is 0.0435. The minimum Gasteiger partial charge on any atom is -0.402 e. The molecule has 0 aliphatic carbocycles. The number of aromatic nitrogens is 2. The first-order valence-corrected chi connectivity index (χ1v) is 11.5. The molecule has 4 rings (SSSR count). The molecule has 8 heteroatoms. The van der Waals surface area contributed by atoms with Crippen molar-refractivity contribution in [1.29, 1.82) is 0 Å². The quantitative estimate of drug-likeness (QED) is 0.247. The van der Waals surface area contributed by atoms with Crippen molar-refractivity contribution in [2.24, 2.45) is 0 Å². The number of aryl methyl sites for hydroxylation is 1. The molecule has 4 nitrogen and oxygen atoms in total. The second kappa shape index (κ2) is 9.49. The fourth-order valence-corrected chi connectivity index (χ4v) is 4.45. The van der Waals surface area contributed by atoms with E-state index in [1.165, 1.54) is 11.8 Å². The number of benzene rings is 3. The zero-order valence-electron chi connectivity index (χ0n) is 16.2. The Bertz CT molecular complexity index is 1240. The van der Waals surface area contributed by atoms with Gasteiger partial charge in [-0.05, 0) is 61.5 Å². The predicted molar refractivity (Wildman–Crippen MR) is 128 cm³/mol. The van der Waals surface area contributed by atoms with Crippen molar-refractivity contribution in [3.63, 3.8) is 0 Å². The molecule has 156 valence electrons. The Kier molecular flexibility index (Phi) is 6.72. The Hall–Kier alpha value is -2.25. The van der Waals surface area contributed by atoms with Crippen LogP contribution in [0.3, 0.4) is 0 Å². The van der Waals surface area contributed by atoms with Gasteiger partial charge in [-0.15, -0.1) is 0 Å². The van der Waals surface area contributed by atoms with E-state index in [-0.39, 0.29) is 5.56 Å². The summed E-state index contributed by atoms with van der Waals surface area (Å²) in [6.45, 7) is 1.88. The van der Waals surface area contributed by atoms with E-state index in [1.807, 2.05) is 61.5 Å². The van der Waals surface area contributed by atoms with Crippen LogP contribution in [0.25, 0.3) is 5.69 Å². The number of hydrogen-bond acceptors (Lipinski definition) is 4. The van der Waals surface area contributed by atoms with E-state index in [4.69, 9.17) is 27.9 Å². The number of nitrogens with zero attached hydrogens (tertiary/aromatic N) is 2. The molecule has 1 aromatic heterocycles. The fourth-order valence-electron chi connectivity index (χ4n) is 2.86. The Morgan fingerprint density at radius 2 is 1.74 bits per heavy atom. The molecule has 0 spiro atoms. The molecule has 0 saturated carbocycles. The Labute approximate surface area is 202 Å². The largest absolute Gasteiger partial charge is 0.402 e. The summed E-state index contributed by atoms with van der Waals surface area (Å²) in [6, 6.07) is 22.0. The zero-order valence-corrected chi connectivity index (χ0v) is 20.1. The van der Waals surface area contributed by atoms with Gasteiger partial charge < -0.3 is 4.74 Å². The van der Waals surface area contributed by atoms with Gasteiger partial charge in [0, 0.05) is 14.4 Å². The first-order chi connectivity index (χ1) is 14.9. The van der Waals surface area contributed by atoms with Gasteiger partial charge in [0.05, 0.1) is 26.9 Å². The molecule has 0 bridgehead atoms. The summed E-state index contributed by atoms with van der Waals surface area (Å²) in [6.07, 6.45) is 0. The minimum absolute atomic E-state index is 0.261. The van der Waals surface area contributed by atoms with Crippen molar-refractivity contribution in [1.82, 2.24) is 9.78 Å². The molecule has 31 heavy (non-hydrogen) atoms. The number of ether oxygens (including phenoxy) is 1. The van der Waals surface area contributed by atoms with Crippen LogP contribution < -0.4 is 4.74 Å². The highest BCUT2D eigenvalue weighted by Gasteiger charge is 2.24. The minimum atomic E-state index is -0.568. The lowest BCUT2D eigenvalue weighted by Gasteiger charge is -2.11. The monoisotopic (exact) mass is 532 g/mol. The normalized spacial score (nSPS) is 10.8. The SMILES string of the molecule is Cc1nn(-c2ccccc2)c(OC(=O)c2cc(Br)ccc2Cl)c1Sc1ccc(Cl)cc1. The van der Waals surface area contributed by atoms with Crippen LogP contribution >= 0.6 is 50.9 Å². The van der Waals surface area contributed by atoms with Crippen LogP contribution in [0.5, 0.6) is 5.88 Å². The van der Waals surface area contributed by atoms with Crippen molar-refractivity contribution in [3.8, 4) is 11.6 Å². The van der Waals surface area contributed by atoms with Gasteiger partial charge in [0.2, 0.25) is 5.88 Å². The molecule has 0 radical (unpaired) electrons. The topological polar surface area (TPSA) is 44.1 Å². The van der Waals surface area contributed by atoms with E-state index in [9.17, 15) is 4.79 Å². The number of halogens is 3. The van der Waals surface area contributed by atoms with Gasteiger partial charge in [0.15, 0.2) is 0 Å². The van der Waals surface area contributed by atoms with Crippen molar-refractivity contribution in [3.05, 3.63) is 98.6 Å². The van der Waals surface area contributed by atoms with Crippen LogP contribution in [0.4, 0.5) is 0 Å². The van der Waals surface area contributed by atoms with E-state index >= 15 is 0 Å². The lowest BCUT2D eigenvalue weighted by Crippen LogP contribution is -2.13. The molecule has 0 saturated heterocycles. The van der Waals surface area contributed by atoms with Crippen molar-refractivity contribution < 1.29 is 9.53 Å². The van der Waals surface area contributed by atoms with Crippen LogP contribution in [-0.2, 0) is 0 Å². The Morgan fingerprint density at radius 1 is 1.03 bits per heavy atom. The molecule has 0 fully saturated rings. The van der Waals surface area contributed by atoms with E-state index in [0.717, 1.165) is 25.6 Å². The molecule has 3 aromatic carbocycles. The highest BCUT2D eigenvalue weighted by molar-refractivity contribution is 9.10. The van der Waals surface area contributed by atoms with E-state index in [1.54, 1.807) is 22.9 Å². The summed E-state index contributed by atoms with van der Waals surface area (Å²) in [4.78, 5) is 14.7. The first-order valence-electron chi connectivity index (χ1n) is 9.18. The molecule has 0 amide bonds. The lowest BCUT2D eigenvalue weighted by atomic mass is 10.2. The predicted octanol–water partition coefficient (Wildman–Crippen LogP) is 7.62. The molecule has 4 aromatic rings. The van der Waals surface area contributed by atoms with Crippen molar-refractivity contribution in [2.45, 2.75) is 16.7 Å². The highest BCUT2D eigenvalue weighted by atomic mass is 79.9. The average Bonchev–Trinajstić information content (AvgIpc) is 3.07. The number of rotatable bonds is 5. The molecule has 0 unspecified atom stereocenters. The number of carbonyl (C=O) groups excluding carboxylic acids is 1. The van der Waals surface area contributed by atoms with Gasteiger partial charge in [-0.2, -0.15) is 9.78 Å². The third kappa shape index (κ3) is 4.99. The van der Waals surface area contributed by atoms with E-state index in [2.05, 4.69) is 21.0 Å². The Balaban J connectivity index is 1.78. The molecule has 0 aliphatic heterocycles. The number of carbonyl (C=O) groups is 1. The highest BCUT2D eigenvalue weighted by Crippen LogP contribution is 2.40. The third-order valence-corrected chi connectivity index (χ3v) is 6.59. The summed E-state index contributed by atoms with van der Waals surface area (Å²) in [7, 11) is 0. The lowest BCUT2D eigenvalue weighted by molar-refractivity contribution is 0.0718. The third-order valence-electron chi connectivity index (χ3n) is 4.34. The standard InChI is InChI=1S/C23H15BrCl2N2O2S/c1-14-21(31-18-10-8-16(25)9-11-18)22(28(27-14)17-5-3-2-4-6-17)30-23(29)19-13-15(24)7-12-20(19)26/h2-13H,1H3. The van der Waals surface area contributed by atoms with E-state index < -0.39 is 5.97 Å². The van der Waals surface area contributed by atoms with Gasteiger partial charge in [0.1, 0.15) is 0 Å². The van der Waals surface area contributed by atoms with Crippen LogP contribution in [0.15, 0.2) is 87.1 Å². The van der Waals surface area contributed by atoms with E-state index in [0.29, 0.717) is 15.9 Å². The number of esters is 1. The zero-order chi connectivity index (χ0) is 22.0. The summed E-state index contributed by atoms with van der Waals surface area (Å²) in [5.74, 6) is -0.244. The van der Waals surface area contributed by atoms with Crippen LogP contribution in [-0.4, -0.2) is 15.7 Å². The molecular weight excluding hydrogens is 519 g/mol. The molecule has 0 atom stereocenters. The van der Waals surface area contributed by atoms with Crippen LogP contribution in [0.2, 0.25) is 10.0 Å². The van der Waals surface area contributed by atoms with Gasteiger partial charge in [-0.1, -0.05) is 69.1 Å². The van der Waals surface area contributed by atoms with Crippen LogP contribution in [0, 0.1) is 6.92 Å². The second-order valence-electron chi connectivity index (χ2n) is 6.54. The maximum absolute atomic E-state index is 13.0. The summed E-state index contributed by atoms with van der Waals surface area (Å²) >= 11 is 17.1. The average molecular weight is 534 g/mol. The number of hydrogen-bond donors (Lipinski definition) is 0. The maximum Gasteiger partial charge on any atom is 0.346 e. The van der Waals surface area contributed by atoms with Gasteiger partial charge in [-0.3, -0.25) is 0 Å². The smallest absolute Gasteiger partial charge is 0.346 e. The summed E-state index contributed by atoms with van der Waals surface area (Å²) in [5, 5.41) is 5.59. The van der Waals surface area contributed by atoms with Gasteiger partial charge in [0.25, 0.3) is 0 Å². The van der Waals surface area contributed by atoms with Crippen LogP contribution in [0.1, 0.15) is 16.1 Å². The van der Waals surface area contributed by atoms with Crippen molar-refractivity contribution >= 4 is 56.9 Å². The van der Waals surface area contributed by atoms with Gasteiger partial charge >= 0.3 is 5.97 Å². The Morgan fingerprint density at radius 3 is 2.45 bits per heavy atom. The van der Waals surface area contributed by atoms with Crippen molar-refractivity contribution in [2.75, 3.05) is 0 Å². The maximum atomic E-state index is 13.0. The molecule has 1 heterocycles. The van der Waals surface area contributed by atoms with Gasteiger partial charge in [-0.25, -0.2) is 4.79 Å². The number of para-hydroxylation sites is 1. The molecule has 0 N–H and O–H groups in total. The second-order valence-corrected chi connectivity index (χ2v) is 9.38.